The first kappa shape index (κ1) is 25.0. The van der Waals surface area contributed by atoms with Crippen molar-refractivity contribution in [1.29, 1.82) is 0 Å². The highest BCUT2D eigenvalue weighted by molar-refractivity contribution is 6.74. The van der Waals surface area contributed by atoms with Gasteiger partial charge in [-0.25, -0.2) is 4.98 Å². The molecule has 0 aliphatic carbocycles. The number of aromatic nitrogens is 3. The number of hydrogen-bond acceptors (Lipinski definition) is 5. The molecule has 7 heteroatoms. The minimum Gasteiger partial charge on any atom is -0.417 e. The van der Waals surface area contributed by atoms with Gasteiger partial charge in [-0.2, -0.15) is 0 Å². The van der Waals surface area contributed by atoms with Gasteiger partial charge >= 0.3 is 0 Å². The smallest absolute Gasteiger partial charge is 0.210 e. The van der Waals surface area contributed by atoms with Crippen LogP contribution < -0.4 is 0 Å². The van der Waals surface area contributed by atoms with Gasteiger partial charge in [0, 0.05) is 37.1 Å². The zero-order valence-corrected chi connectivity index (χ0v) is 21.4. The summed E-state index contributed by atoms with van der Waals surface area (Å²) in [7, 11) is -1.67. The van der Waals surface area contributed by atoms with Crippen molar-refractivity contribution >= 4 is 8.32 Å². The molecule has 0 unspecified atom stereocenters. The third-order valence-corrected chi connectivity index (χ3v) is 10.7. The van der Waals surface area contributed by atoms with Crippen LogP contribution in [0.4, 0.5) is 0 Å². The van der Waals surface area contributed by atoms with Gasteiger partial charge in [-0.3, -0.25) is 0 Å². The van der Waals surface area contributed by atoms with Crippen molar-refractivity contribution in [3.63, 3.8) is 0 Å². The van der Waals surface area contributed by atoms with Crippen LogP contribution in [0.3, 0.4) is 0 Å². The van der Waals surface area contributed by atoms with E-state index in [0.29, 0.717) is 18.7 Å². The van der Waals surface area contributed by atoms with Crippen molar-refractivity contribution in [2.75, 3.05) is 13.2 Å². The first-order valence-electron chi connectivity index (χ1n) is 11.5. The predicted octanol–water partition coefficient (Wildman–Crippen LogP) is 4.81. The third-order valence-electron chi connectivity index (χ3n) is 6.19. The van der Waals surface area contributed by atoms with Crippen LogP contribution in [0.25, 0.3) is 0 Å². The minimum absolute atomic E-state index is 0.0655. The van der Waals surface area contributed by atoms with E-state index >= 15 is 0 Å². The second-order valence-corrected chi connectivity index (χ2v) is 14.6. The SMILES string of the molecule is CC(C)(C)[Si](C)(C)OCCCc1ccc(C#Cc2cc(Cn3ccnc3CCO)no2)cc1. The van der Waals surface area contributed by atoms with E-state index in [1.807, 2.05) is 29.0 Å². The normalized spacial score (nSPS) is 11.9. The minimum atomic E-state index is -1.67. The average Bonchev–Trinajstić information content (AvgIpc) is 3.40. The molecule has 2 heterocycles. The number of benzene rings is 1. The molecule has 176 valence electrons. The Bertz CT molecular complexity index is 1080. The van der Waals surface area contributed by atoms with Crippen molar-refractivity contribution in [3.8, 4) is 11.8 Å². The maximum Gasteiger partial charge on any atom is 0.210 e. The molecule has 0 bridgehead atoms. The lowest BCUT2D eigenvalue weighted by molar-refractivity contribution is 0.282. The first-order valence-corrected chi connectivity index (χ1v) is 14.4. The highest BCUT2D eigenvalue weighted by Gasteiger charge is 2.36. The molecule has 2 aromatic heterocycles. The van der Waals surface area contributed by atoms with Gasteiger partial charge < -0.3 is 18.6 Å². The second-order valence-electron chi connectivity index (χ2n) is 9.79. The summed E-state index contributed by atoms with van der Waals surface area (Å²) in [6.07, 6.45) is 6.12. The van der Waals surface area contributed by atoms with E-state index in [-0.39, 0.29) is 11.6 Å². The zero-order valence-electron chi connectivity index (χ0n) is 20.4. The van der Waals surface area contributed by atoms with Crippen molar-refractivity contribution < 1.29 is 14.1 Å². The fraction of sp³-hybridized carbons (Fsp3) is 0.462. The van der Waals surface area contributed by atoms with E-state index in [2.05, 4.69) is 68.0 Å². The molecule has 3 aromatic rings. The average molecular weight is 466 g/mol. The van der Waals surface area contributed by atoms with Crippen molar-refractivity contribution in [3.05, 3.63) is 71.1 Å². The van der Waals surface area contributed by atoms with E-state index < -0.39 is 8.32 Å². The predicted molar refractivity (Wildman–Crippen MR) is 133 cm³/mol. The summed E-state index contributed by atoms with van der Waals surface area (Å²) in [4.78, 5) is 4.25. The Balaban J connectivity index is 1.50. The van der Waals surface area contributed by atoms with Crippen LogP contribution in [-0.4, -0.2) is 41.3 Å². The zero-order chi connectivity index (χ0) is 23.9. The van der Waals surface area contributed by atoms with Crippen molar-refractivity contribution in [1.82, 2.24) is 14.7 Å². The molecule has 0 saturated heterocycles. The monoisotopic (exact) mass is 465 g/mol. The topological polar surface area (TPSA) is 73.3 Å². The van der Waals surface area contributed by atoms with Gasteiger partial charge in [0.15, 0.2) is 8.32 Å². The van der Waals surface area contributed by atoms with Gasteiger partial charge in [0.1, 0.15) is 11.5 Å². The number of aliphatic hydroxyl groups is 1. The molecule has 6 nitrogen and oxygen atoms in total. The molecule has 0 spiro atoms. The lowest BCUT2D eigenvalue weighted by atomic mass is 10.1. The van der Waals surface area contributed by atoms with E-state index in [1.165, 1.54) is 5.56 Å². The van der Waals surface area contributed by atoms with Gasteiger partial charge in [0.2, 0.25) is 5.76 Å². The van der Waals surface area contributed by atoms with Gasteiger partial charge in [0.05, 0.1) is 13.2 Å². The van der Waals surface area contributed by atoms with E-state index in [9.17, 15) is 0 Å². The quantitative estimate of drug-likeness (QED) is 0.279. The van der Waals surface area contributed by atoms with E-state index in [1.54, 1.807) is 6.20 Å². The summed E-state index contributed by atoms with van der Waals surface area (Å²) < 4.78 is 13.6. The Morgan fingerprint density at radius 3 is 2.58 bits per heavy atom. The van der Waals surface area contributed by atoms with Crippen molar-refractivity contribution in [2.45, 2.75) is 64.7 Å². The summed E-state index contributed by atoms with van der Waals surface area (Å²) in [5.41, 5.74) is 3.00. The van der Waals surface area contributed by atoms with Gasteiger partial charge in [0.25, 0.3) is 0 Å². The molecule has 3 rings (SSSR count). The molecule has 33 heavy (non-hydrogen) atoms. The van der Waals surface area contributed by atoms with Crippen LogP contribution in [0, 0.1) is 11.8 Å². The highest BCUT2D eigenvalue weighted by atomic mass is 28.4. The number of aryl methyl sites for hydroxylation is 1. The lowest BCUT2D eigenvalue weighted by Gasteiger charge is -2.36. The van der Waals surface area contributed by atoms with Crippen LogP contribution in [0.2, 0.25) is 18.1 Å². The summed E-state index contributed by atoms with van der Waals surface area (Å²) in [5, 5.41) is 13.5. The third kappa shape index (κ3) is 7.16. The summed E-state index contributed by atoms with van der Waals surface area (Å²) in [6, 6.07) is 10.2. The molecule has 1 aromatic carbocycles. The lowest BCUT2D eigenvalue weighted by Crippen LogP contribution is -2.41. The molecule has 0 aliphatic rings. The number of hydrogen-bond donors (Lipinski definition) is 1. The molecule has 1 N–H and O–H groups in total. The van der Waals surface area contributed by atoms with Crippen LogP contribution >= 0.6 is 0 Å². The van der Waals surface area contributed by atoms with Gasteiger partial charge in [-0.1, -0.05) is 44.0 Å². The number of rotatable bonds is 9. The summed E-state index contributed by atoms with van der Waals surface area (Å²) in [5.74, 6) is 7.53. The first-order chi connectivity index (χ1) is 15.7. The van der Waals surface area contributed by atoms with Crippen LogP contribution in [0.1, 0.15) is 55.6 Å². The Hall–Kier alpha value is -2.66. The molecule has 0 saturated carbocycles. The molecule has 0 amide bonds. The number of imidazole rings is 1. The van der Waals surface area contributed by atoms with Crippen LogP contribution in [0.5, 0.6) is 0 Å². The van der Waals surface area contributed by atoms with E-state index in [0.717, 1.165) is 36.5 Å². The van der Waals surface area contributed by atoms with E-state index in [4.69, 9.17) is 14.1 Å². The number of aliphatic hydroxyl groups excluding tert-OH is 1. The molecule has 0 fully saturated rings. The van der Waals surface area contributed by atoms with Crippen LogP contribution in [0.15, 0.2) is 47.2 Å². The fourth-order valence-electron chi connectivity index (χ4n) is 3.14. The Morgan fingerprint density at radius 1 is 1.12 bits per heavy atom. The second kappa shape index (κ2) is 11.0. The standard InChI is InChI=1S/C26H35N3O3Si/c1-26(2,3)33(4,5)31-18-6-7-21-8-10-22(11-9-21)12-13-24-19-23(28-32-24)20-29-16-15-27-25(29)14-17-30/h8-11,15-16,19,30H,6-7,14,17-18,20H2,1-5H3. The molecule has 0 radical (unpaired) electrons. The van der Waals surface area contributed by atoms with Crippen molar-refractivity contribution in [2.24, 2.45) is 0 Å². The fourth-order valence-corrected chi connectivity index (χ4v) is 4.23. The maximum atomic E-state index is 9.13. The Morgan fingerprint density at radius 2 is 1.88 bits per heavy atom. The molecule has 0 atom stereocenters. The molecule has 0 aliphatic heterocycles. The summed E-state index contributed by atoms with van der Waals surface area (Å²) in [6.45, 7) is 12.8. The van der Waals surface area contributed by atoms with Gasteiger partial charge in [-0.05, 0) is 54.6 Å². The van der Waals surface area contributed by atoms with Crippen LogP contribution in [-0.2, 0) is 23.8 Å². The van der Waals surface area contributed by atoms with Gasteiger partial charge in [-0.15, -0.1) is 0 Å². The maximum absolute atomic E-state index is 9.13. The Kier molecular flexibility index (Phi) is 8.30. The summed E-state index contributed by atoms with van der Waals surface area (Å²) >= 11 is 0. The molecular formula is C26H35N3O3Si. The molecular weight excluding hydrogens is 430 g/mol. The highest BCUT2D eigenvalue weighted by Crippen LogP contribution is 2.36. The largest absolute Gasteiger partial charge is 0.417 e. The Labute approximate surface area is 198 Å². The number of nitrogens with zero attached hydrogens (tertiary/aromatic N) is 3.